The third-order valence-corrected chi connectivity index (χ3v) is 3.61. The standard InChI is InChI=1S/C13H12O2.C5H12.C4H10/c1-15-13-8-4-11(5-9-13)10-2-6-12(14)7-3-10;1-4-5(2)3;1-3-4-2/h2-9,14H,1H3;5H,4H2,1-3H3;3-4H2,1-2H3. The van der Waals surface area contributed by atoms with Gasteiger partial charge in [0.1, 0.15) is 11.5 Å². The summed E-state index contributed by atoms with van der Waals surface area (Å²) < 4.78 is 5.08. The molecule has 24 heavy (non-hydrogen) atoms. The van der Waals surface area contributed by atoms with Gasteiger partial charge in [-0.15, -0.1) is 0 Å². The van der Waals surface area contributed by atoms with E-state index in [1.165, 1.54) is 19.3 Å². The summed E-state index contributed by atoms with van der Waals surface area (Å²) in [5.74, 6) is 2.01. The zero-order valence-corrected chi connectivity index (χ0v) is 16.2. The van der Waals surface area contributed by atoms with Gasteiger partial charge in [0.15, 0.2) is 0 Å². The Morgan fingerprint density at radius 2 is 1.17 bits per heavy atom. The number of hydrogen-bond acceptors (Lipinski definition) is 2. The number of benzene rings is 2. The van der Waals surface area contributed by atoms with Crippen LogP contribution in [0.25, 0.3) is 11.1 Å². The van der Waals surface area contributed by atoms with Crippen LogP contribution in [0.15, 0.2) is 48.5 Å². The molecule has 2 nitrogen and oxygen atoms in total. The minimum absolute atomic E-state index is 0.285. The first kappa shape index (κ1) is 22.0. The Morgan fingerprint density at radius 1 is 0.792 bits per heavy atom. The van der Waals surface area contributed by atoms with E-state index >= 15 is 0 Å². The number of ether oxygens (including phenoxy) is 1. The fourth-order valence-corrected chi connectivity index (χ4v) is 1.44. The summed E-state index contributed by atoms with van der Waals surface area (Å²) in [7, 11) is 1.65. The van der Waals surface area contributed by atoms with Crippen LogP contribution in [-0.4, -0.2) is 12.2 Å². The van der Waals surface area contributed by atoms with Gasteiger partial charge in [-0.1, -0.05) is 78.1 Å². The lowest BCUT2D eigenvalue weighted by molar-refractivity contribution is 0.415. The van der Waals surface area contributed by atoms with Crippen molar-refractivity contribution in [3.05, 3.63) is 48.5 Å². The predicted octanol–water partition coefficient (Wildman–Crippen LogP) is 6.93. The van der Waals surface area contributed by atoms with E-state index in [0.717, 1.165) is 22.8 Å². The lowest BCUT2D eigenvalue weighted by atomic mass is 10.1. The molecule has 2 rings (SSSR count). The minimum Gasteiger partial charge on any atom is -0.508 e. The maximum absolute atomic E-state index is 9.17. The first-order valence-electron chi connectivity index (χ1n) is 8.91. The molecule has 2 aromatic rings. The Labute approximate surface area is 148 Å². The van der Waals surface area contributed by atoms with Crippen molar-refractivity contribution in [1.82, 2.24) is 0 Å². The van der Waals surface area contributed by atoms with Crippen molar-refractivity contribution in [2.75, 3.05) is 7.11 Å². The van der Waals surface area contributed by atoms with Crippen LogP contribution in [0.2, 0.25) is 0 Å². The predicted molar refractivity (Wildman–Crippen MR) is 106 cm³/mol. The third-order valence-electron chi connectivity index (χ3n) is 3.61. The maximum Gasteiger partial charge on any atom is 0.118 e. The van der Waals surface area contributed by atoms with E-state index in [1.54, 1.807) is 19.2 Å². The number of rotatable bonds is 4. The lowest BCUT2D eigenvalue weighted by Gasteiger charge is -2.03. The number of aromatic hydroxyl groups is 1. The molecule has 0 amide bonds. The number of methoxy groups -OCH3 is 1. The molecule has 2 heteroatoms. The van der Waals surface area contributed by atoms with Crippen LogP contribution in [0.5, 0.6) is 11.5 Å². The van der Waals surface area contributed by atoms with Crippen LogP contribution < -0.4 is 4.74 Å². The van der Waals surface area contributed by atoms with Gasteiger partial charge >= 0.3 is 0 Å². The van der Waals surface area contributed by atoms with E-state index in [1.807, 2.05) is 36.4 Å². The molecule has 0 atom stereocenters. The van der Waals surface area contributed by atoms with E-state index in [9.17, 15) is 0 Å². The Balaban J connectivity index is 0.000000492. The molecule has 0 bridgehead atoms. The third kappa shape index (κ3) is 9.94. The molecular weight excluding hydrogens is 296 g/mol. The van der Waals surface area contributed by atoms with E-state index in [4.69, 9.17) is 9.84 Å². The summed E-state index contributed by atoms with van der Waals surface area (Å²) in [6.07, 6.45) is 3.94. The van der Waals surface area contributed by atoms with E-state index < -0.39 is 0 Å². The highest BCUT2D eigenvalue weighted by molar-refractivity contribution is 5.64. The fraction of sp³-hybridized carbons (Fsp3) is 0.455. The Kier molecular flexibility index (Phi) is 12.4. The summed E-state index contributed by atoms with van der Waals surface area (Å²) in [6.45, 7) is 11.0. The summed E-state index contributed by atoms with van der Waals surface area (Å²) >= 11 is 0. The summed E-state index contributed by atoms with van der Waals surface area (Å²) in [6, 6.07) is 15.0. The fourth-order valence-electron chi connectivity index (χ4n) is 1.44. The van der Waals surface area contributed by atoms with E-state index in [-0.39, 0.29) is 5.75 Å². The summed E-state index contributed by atoms with van der Waals surface area (Å²) in [4.78, 5) is 0. The average Bonchev–Trinajstić information content (AvgIpc) is 2.63. The molecule has 134 valence electrons. The second kappa shape index (κ2) is 13.5. The van der Waals surface area contributed by atoms with Gasteiger partial charge < -0.3 is 9.84 Å². The lowest BCUT2D eigenvalue weighted by Crippen LogP contribution is -1.82. The van der Waals surface area contributed by atoms with Gasteiger partial charge in [-0.05, 0) is 41.3 Å². The molecule has 0 aliphatic heterocycles. The van der Waals surface area contributed by atoms with Crippen molar-refractivity contribution in [2.45, 2.75) is 53.9 Å². The van der Waals surface area contributed by atoms with Gasteiger partial charge in [-0.25, -0.2) is 0 Å². The minimum atomic E-state index is 0.285. The number of phenolic OH excluding ortho intramolecular Hbond substituents is 1. The second-order valence-corrected chi connectivity index (χ2v) is 6.08. The first-order chi connectivity index (χ1) is 11.5. The molecule has 0 aromatic heterocycles. The monoisotopic (exact) mass is 330 g/mol. The summed E-state index contributed by atoms with van der Waals surface area (Å²) in [5.41, 5.74) is 2.19. The van der Waals surface area contributed by atoms with Crippen molar-refractivity contribution in [3.8, 4) is 22.6 Å². The smallest absolute Gasteiger partial charge is 0.118 e. The van der Waals surface area contributed by atoms with Crippen molar-refractivity contribution in [1.29, 1.82) is 0 Å². The van der Waals surface area contributed by atoms with Crippen LogP contribution in [0.1, 0.15) is 53.9 Å². The van der Waals surface area contributed by atoms with Crippen molar-refractivity contribution in [2.24, 2.45) is 5.92 Å². The largest absolute Gasteiger partial charge is 0.508 e. The Morgan fingerprint density at radius 3 is 1.46 bits per heavy atom. The highest BCUT2D eigenvalue weighted by Gasteiger charge is 1.97. The molecular formula is C22H34O2. The van der Waals surface area contributed by atoms with Crippen LogP contribution in [0.4, 0.5) is 0 Å². The molecule has 0 aliphatic carbocycles. The van der Waals surface area contributed by atoms with Crippen LogP contribution >= 0.6 is 0 Å². The highest BCUT2D eigenvalue weighted by Crippen LogP contribution is 2.23. The summed E-state index contributed by atoms with van der Waals surface area (Å²) in [5, 5.41) is 9.17. The van der Waals surface area contributed by atoms with Gasteiger partial charge in [-0.2, -0.15) is 0 Å². The van der Waals surface area contributed by atoms with Gasteiger partial charge in [0.05, 0.1) is 7.11 Å². The highest BCUT2D eigenvalue weighted by atomic mass is 16.5. The topological polar surface area (TPSA) is 29.5 Å². The average molecular weight is 331 g/mol. The Hall–Kier alpha value is -1.96. The zero-order chi connectivity index (χ0) is 18.4. The molecule has 0 aliphatic rings. The SMILES string of the molecule is CCC(C)C.CCCC.COc1ccc(-c2ccc(O)cc2)cc1. The van der Waals surface area contributed by atoms with Gasteiger partial charge in [0.2, 0.25) is 0 Å². The molecule has 0 heterocycles. The van der Waals surface area contributed by atoms with E-state index in [0.29, 0.717) is 0 Å². The van der Waals surface area contributed by atoms with Crippen molar-refractivity contribution in [3.63, 3.8) is 0 Å². The molecule has 0 unspecified atom stereocenters. The zero-order valence-electron chi connectivity index (χ0n) is 16.2. The van der Waals surface area contributed by atoms with Crippen molar-refractivity contribution >= 4 is 0 Å². The molecule has 1 N–H and O–H groups in total. The van der Waals surface area contributed by atoms with Gasteiger partial charge in [0.25, 0.3) is 0 Å². The molecule has 0 fully saturated rings. The van der Waals surface area contributed by atoms with E-state index in [2.05, 4.69) is 34.6 Å². The molecule has 0 saturated heterocycles. The molecule has 0 radical (unpaired) electrons. The molecule has 2 aromatic carbocycles. The van der Waals surface area contributed by atoms with Crippen LogP contribution in [0.3, 0.4) is 0 Å². The number of hydrogen-bond donors (Lipinski definition) is 1. The number of phenols is 1. The van der Waals surface area contributed by atoms with Gasteiger partial charge in [0, 0.05) is 0 Å². The quantitative estimate of drug-likeness (QED) is 0.658. The second-order valence-electron chi connectivity index (χ2n) is 6.08. The van der Waals surface area contributed by atoms with Crippen molar-refractivity contribution < 1.29 is 9.84 Å². The Bertz CT molecular complexity index is 511. The molecule has 0 saturated carbocycles. The van der Waals surface area contributed by atoms with Gasteiger partial charge in [-0.3, -0.25) is 0 Å². The van der Waals surface area contributed by atoms with Crippen LogP contribution in [-0.2, 0) is 0 Å². The maximum atomic E-state index is 9.17. The number of unbranched alkanes of at least 4 members (excludes halogenated alkanes) is 1. The normalized spacial score (nSPS) is 9.46. The molecule has 0 spiro atoms. The first-order valence-corrected chi connectivity index (χ1v) is 8.91. The van der Waals surface area contributed by atoms with Crippen LogP contribution in [0, 0.1) is 5.92 Å².